The van der Waals surface area contributed by atoms with E-state index >= 15 is 0 Å². The van der Waals surface area contributed by atoms with Crippen molar-refractivity contribution in [2.24, 2.45) is 0 Å². The van der Waals surface area contributed by atoms with E-state index < -0.39 is 0 Å². The van der Waals surface area contributed by atoms with Gasteiger partial charge < -0.3 is 10.1 Å². The Hall–Kier alpha value is -1.21. The van der Waals surface area contributed by atoms with Crippen molar-refractivity contribution in [2.45, 2.75) is 18.9 Å². The Morgan fingerprint density at radius 3 is 3.00 bits per heavy atom. The summed E-state index contributed by atoms with van der Waals surface area (Å²) in [7, 11) is 0. The molecule has 0 bridgehead atoms. The van der Waals surface area contributed by atoms with Gasteiger partial charge in [-0.1, -0.05) is 29.8 Å². The van der Waals surface area contributed by atoms with E-state index in [4.69, 9.17) is 28.6 Å². The van der Waals surface area contributed by atoms with E-state index in [1.54, 1.807) is 0 Å². The first-order chi connectivity index (χ1) is 10.6. The molecule has 1 atom stereocenters. The molecule has 2 aromatic rings. The predicted octanol–water partition coefficient (Wildman–Crippen LogP) is 3.34. The topological polar surface area (TPSA) is 50.4 Å². The SMILES string of the molecule is O=C(NC(=S)NC[C@H]1CCCO1)c1sc2ccccc2c1Cl. The summed E-state index contributed by atoms with van der Waals surface area (Å²) in [6.07, 6.45) is 2.26. The summed E-state index contributed by atoms with van der Waals surface area (Å²) in [5.74, 6) is -0.281. The largest absolute Gasteiger partial charge is 0.376 e. The molecule has 1 aliphatic rings. The van der Waals surface area contributed by atoms with Crippen LogP contribution in [0, 0.1) is 0 Å². The van der Waals surface area contributed by atoms with Gasteiger partial charge in [-0.3, -0.25) is 10.1 Å². The van der Waals surface area contributed by atoms with Crippen LogP contribution in [0.1, 0.15) is 22.5 Å². The molecule has 1 saturated heterocycles. The Morgan fingerprint density at radius 1 is 1.45 bits per heavy atom. The van der Waals surface area contributed by atoms with Crippen LogP contribution in [0.2, 0.25) is 5.02 Å². The summed E-state index contributed by atoms with van der Waals surface area (Å²) in [5.41, 5.74) is 0. The van der Waals surface area contributed by atoms with Gasteiger partial charge in [-0.2, -0.15) is 0 Å². The minimum absolute atomic E-state index is 0.169. The van der Waals surface area contributed by atoms with Gasteiger partial charge in [-0.25, -0.2) is 0 Å². The number of carbonyl (C=O) groups excluding carboxylic acids is 1. The van der Waals surface area contributed by atoms with Crippen LogP contribution in [0.5, 0.6) is 0 Å². The zero-order chi connectivity index (χ0) is 15.5. The summed E-state index contributed by atoms with van der Waals surface area (Å²) in [6, 6.07) is 7.66. The number of halogens is 1. The van der Waals surface area contributed by atoms with Crippen LogP contribution < -0.4 is 10.6 Å². The van der Waals surface area contributed by atoms with Gasteiger partial charge in [-0.15, -0.1) is 11.3 Å². The molecule has 0 radical (unpaired) electrons. The Morgan fingerprint density at radius 2 is 2.27 bits per heavy atom. The molecular weight excluding hydrogens is 340 g/mol. The second-order valence-electron chi connectivity index (χ2n) is 5.04. The lowest BCUT2D eigenvalue weighted by atomic mass is 10.2. The van der Waals surface area contributed by atoms with E-state index in [2.05, 4.69) is 10.6 Å². The lowest BCUT2D eigenvalue weighted by molar-refractivity contribution is 0.0977. The van der Waals surface area contributed by atoms with E-state index in [-0.39, 0.29) is 12.0 Å². The number of thiophene rings is 1. The average molecular weight is 355 g/mol. The van der Waals surface area contributed by atoms with Gasteiger partial charge in [0.2, 0.25) is 0 Å². The molecule has 116 valence electrons. The number of benzene rings is 1. The highest BCUT2D eigenvalue weighted by molar-refractivity contribution is 7.80. The summed E-state index contributed by atoms with van der Waals surface area (Å²) < 4.78 is 6.48. The zero-order valence-corrected chi connectivity index (χ0v) is 14.1. The number of hydrogen-bond donors (Lipinski definition) is 2. The van der Waals surface area contributed by atoms with Crippen molar-refractivity contribution in [1.82, 2.24) is 10.6 Å². The van der Waals surface area contributed by atoms with Crippen LogP contribution in [0.4, 0.5) is 0 Å². The molecule has 2 heterocycles. The number of carbonyl (C=O) groups is 1. The predicted molar refractivity (Wildman–Crippen MR) is 93.9 cm³/mol. The average Bonchev–Trinajstić information content (AvgIpc) is 3.14. The Labute approximate surface area is 142 Å². The standard InChI is InChI=1S/C15H15ClN2O2S2/c16-12-10-5-1-2-6-11(10)22-13(12)14(19)18-15(21)17-8-9-4-3-7-20-9/h1-2,5-6,9H,3-4,7-8H2,(H2,17,18,19,21)/t9-/m1/s1. The Balaban J connectivity index is 1.62. The summed E-state index contributed by atoms with van der Waals surface area (Å²) in [6.45, 7) is 1.40. The third kappa shape index (κ3) is 3.41. The molecule has 0 aliphatic carbocycles. The normalized spacial score (nSPS) is 17.6. The molecule has 0 saturated carbocycles. The van der Waals surface area contributed by atoms with Crippen LogP contribution in [0.15, 0.2) is 24.3 Å². The molecule has 1 aromatic heterocycles. The zero-order valence-electron chi connectivity index (χ0n) is 11.7. The van der Waals surface area contributed by atoms with E-state index in [0.717, 1.165) is 29.5 Å². The van der Waals surface area contributed by atoms with Crippen LogP contribution in [0.3, 0.4) is 0 Å². The fourth-order valence-corrected chi connectivity index (χ4v) is 3.96. The first kappa shape index (κ1) is 15.7. The van der Waals surface area contributed by atoms with Crippen molar-refractivity contribution in [1.29, 1.82) is 0 Å². The Bertz CT molecular complexity index is 711. The molecular formula is C15H15ClN2O2S2. The molecule has 1 aliphatic heterocycles. The fraction of sp³-hybridized carbons (Fsp3) is 0.333. The molecule has 1 fully saturated rings. The van der Waals surface area contributed by atoms with Crippen molar-refractivity contribution < 1.29 is 9.53 Å². The van der Waals surface area contributed by atoms with Crippen molar-refractivity contribution in [3.05, 3.63) is 34.2 Å². The third-order valence-corrected chi connectivity index (χ3v) is 5.40. The van der Waals surface area contributed by atoms with Gasteiger partial charge in [-0.05, 0) is 31.1 Å². The van der Waals surface area contributed by atoms with Crippen molar-refractivity contribution in [3.8, 4) is 0 Å². The first-order valence-electron chi connectivity index (χ1n) is 7.03. The van der Waals surface area contributed by atoms with E-state index in [0.29, 0.717) is 21.6 Å². The van der Waals surface area contributed by atoms with Gasteiger partial charge in [0.1, 0.15) is 4.88 Å². The molecule has 3 rings (SSSR count). The number of ether oxygens (including phenoxy) is 1. The van der Waals surface area contributed by atoms with Crippen LogP contribution in [-0.2, 0) is 4.74 Å². The second kappa shape index (κ2) is 6.91. The number of rotatable bonds is 3. The highest BCUT2D eigenvalue weighted by atomic mass is 35.5. The highest BCUT2D eigenvalue weighted by Crippen LogP contribution is 2.34. The van der Waals surface area contributed by atoms with Crippen LogP contribution >= 0.6 is 35.2 Å². The molecule has 7 heteroatoms. The minimum Gasteiger partial charge on any atom is -0.376 e. The summed E-state index contributed by atoms with van der Waals surface area (Å²) >= 11 is 12.8. The lowest BCUT2D eigenvalue weighted by Crippen LogP contribution is -2.42. The second-order valence-corrected chi connectivity index (χ2v) is 6.88. The first-order valence-corrected chi connectivity index (χ1v) is 8.63. The lowest BCUT2D eigenvalue weighted by Gasteiger charge is -2.13. The van der Waals surface area contributed by atoms with Crippen LogP contribution in [-0.4, -0.2) is 30.3 Å². The van der Waals surface area contributed by atoms with Gasteiger partial charge in [0.15, 0.2) is 5.11 Å². The fourth-order valence-electron chi connectivity index (χ4n) is 2.38. The maximum Gasteiger partial charge on any atom is 0.269 e. The van der Waals surface area contributed by atoms with Gasteiger partial charge in [0, 0.05) is 23.2 Å². The van der Waals surface area contributed by atoms with Crippen molar-refractivity contribution >= 4 is 56.3 Å². The van der Waals surface area contributed by atoms with Crippen molar-refractivity contribution in [3.63, 3.8) is 0 Å². The number of thiocarbonyl (C=S) groups is 1. The Kier molecular flexibility index (Phi) is 4.93. The van der Waals surface area contributed by atoms with Gasteiger partial charge >= 0.3 is 0 Å². The highest BCUT2D eigenvalue weighted by Gasteiger charge is 2.19. The summed E-state index contributed by atoms with van der Waals surface area (Å²) in [4.78, 5) is 12.8. The van der Waals surface area contributed by atoms with Gasteiger partial charge in [0.05, 0.1) is 11.1 Å². The van der Waals surface area contributed by atoms with E-state index in [1.165, 1.54) is 11.3 Å². The molecule has 0 unspecified atom stereocenters. The molecule has 22 heavy (non-hydrogen) atoms. The van der Waals surface area contributed by atoms with Gasteiger partial charge in [0.25, 0.3) is 5.91 Å². The monoisotopic (exact) mass is 354 g/mol. The summed E-state index contributed by atoms with van der Waals surface area (Å²) in [5, 5.41) is 7.35. The minimum atomic E-state index is -0.281. The molecule has 1 amide bonds. The molecule has 4 nitrogen and oxygen atoms in total. The third-order valence-electron chi connectivity index (χ3n) is 3.48. The molecule has 1 aromatic carbocycles. The smallest absolute Gasteiger partial charge is 0.269 e. The van der Waals surface area contributed by atoms with Crippen molar-refractivity contribution in [2.75, 3.05) is 13.2 Å². The number of amides is 1. The quantitative estimate of drug-likeness (QED) is 0.830. The maximum atomic E-state index is 12.3. The maximum absolute atomic E-state index is 12.3. The molecule has 2 N–H and O–H groups in total. The van der Waals surface area contributed by atoms with Crippen LogP contribution in [0.25, 0.3) is 10.1 Å². The molecule has 0 spiro atoms. The number of fused-ring (bicyclic) bond motifs is 1. The number of nitrogens with one attached hydrogen (secondary N) is 2. The number of hydrogen-bond acceptors (Lipinski definition) is 4. The van der Waals surface area contributed by atoms with E-state index in [1.807, 2.05) is 24.3 Å². The van der Waals surface area contributed by atoms with E-state index in [9.17, 15) is 4.79 Å².